The molecule has 2 rings (SSSR count). The van der Waals surface area contributed by atoms with E-state index in [1.54, 1.807) is 24.3 Å². The van der Waals surface area contributed by atoms with Gasteiger partial charge in [0.15, 0.2) is 0 Å². The van der Waals surface area contributed by atoms with Crippen LogP contribution in [0.3, 0.4) is 0 Å². The third-order valence-corrected chi connectivity index (χ3v) is 3.80. The minimum absolute atomic E-state index is 0.111. The summed E-state index contributed by atoms with van der Waals surface area (Å²) in [7, 11) is 0. The summed E-state index contributed by atoms with van der Waals surface area (Å²) < 4.78 is 5.33. The minimum atomic E-state index is -0.738. The zero-order valence-corrected chi connectivity index (χ0v) is 14.4. The van der Waals surface area contributed by atoms with Crippen molar-refractivity contribution in [2.75, 3.05) is 0 Å². The number of ether oxygens (including phenoxy) is 1. The predicted molar refractivity (Wildman–Crippen MR) is 94.0 cm³/mol. The molecule has 1 N–H and O–H groups in total. The van der Waals surface area contributed by atoms with E-state index in [0.29, 0.717) is 5.02 Å². The van der Waals surface area contributed by atoms with Crippen LogP contribution in [-0.2, 0) is 16.0 Å². The van der Waals surface area contributed by atoms with Gasteiger partial charge in [0.2, 0.25) is 5.91 Å². The van der Waals surface area contributed by atoms with Crippen molar-refractivity contribution >= 4 is 23.5 Å². The van der Waals surface area contributed by atoms with Gasteiger partial charge < -0.3 is 10.1 Å². The molecular weight excluding hydrogens is 326 g/mol. The summed E-state index contributed by atoms with van der Waals surface area (Å²) in [6.07, 6.45) is 0.212. The lowest BCUT2D eigenvalue weighted by Gasteiger charge is -2.21. The van der Waals surface area contributed by atoms with Gasteiger partial charge in [-0.1, -0.05) is 67.9 Å². The standard InChI is InChI=1S/C19H20ClNO3/c1-13(2)18(19(23)24-16-11-7-6-10-15(16)20)21-17(22)12-14-8-4-3-5-9-14/h3-11,13,18H,12H2,1-2H3,(H,21,22). The summed E-state index contributed by atoms with van der Waals surface area (Å²) in [6, 6.07) is 15.4. The number of hydrogen-bond acceptors (Lipinski definition) is 3. The van der Waals surface area contributed by atoms with Crippen LogP contribution in [0.5, 0.6) is 5.75 Å². The molecule has 0 saturated carbocycles. The normalized spacial score (nSPS) is 11.8. The van der Waals surface area contributed by atoms with Gasteiger partial charge in [-0.2, -0.15) is 0 Å². The first kappa shape index (κ1) is 18.0. The van der Waals surface area contributed by atoms with E-state index in [1.807, 2.05) is 44.2 Å². The predicted octanol–water partition coefficient (Wildman–Crippen LogP) is 3.63. The van der Waals surface area contributed by atoms with Crippen LogP contribution >= 0.6 is 11.6 Å². The van der Waals surface area contributed by atoms with E-state index >= 15 is 0 Å². The number of para-hydroxylation sites is 1. The first-order valence-electron chi connectivity index (χ1n) is 7.77. The third kappa shape index (κ3) is 5.10. The van der Waals surface area contributed by atoms with Gasteiger partial charge in [-0.25, -0.2) is 4.79 Å². The minimum Gasteiger partial charge on any atom is -0.423 e. The summed E-state index contributed by atoms with van der Waals surface area (Å²) in [5.74, 6) is -0.581. The van der Waals surface area contributed by atoms with Crippen LogP contribution in [0.15, 0.2) is 54.6 Å². The van der Waals surface area contributed by atoms with Crippen molar-refractivity contribution in [3.05, 3.63) is 65.2 Å². The maximum absolute atomic E-state index is 12.4. The number of rotatable bonds is 6. The fourth-order valence-electron chi connectivity index (χ4n) is 2.20. The topological polar surface area (TPSA) is 55.4 Å². The summed E-state index contributed by atoms with van der Waals surface area (Å²) in [5.41, 5.74) is 0.886. The number of esters is 1. The van der Waals surface area contributed by atoms with E-state index in [-0.39, 0.29) is 24.0 Å². The molecule has 1 amide bonds. The highest BCUT2D eigenvalue weighted by Gasteiger charge is 2.26. The molecule has 0 aromatic heterocycles. The van der Waals surface area contributed by atoms with E-state index in [9.17, 15) is 9.59 Å². The molecule has 24 heavy (non-hydrogen) atoms. The highest BCUT2D eigenvalue weighted by Crippen LogP contribution is 2.24. The second kappa shape index (κ2) is 8.50. The van der Waals surface area contributed by atoms with Gasteiger partial charge in [0.1, 0.15) is 11.8 Å². The second-order valence-electron chi connectivity index (χ2n) is 5.80. The molecule has 1 unspecified atom stereocenters. The molecule has 4 nitrogen and oxygen atoms in total. The second-order valence-corrected chi connectivity index (χ2v) is 6.21. The Bertz CT molecular complexity index is 701. The van der Waals surface area contributed by atoms with Gasteiger partial charge in [0, 0.05) is 0 Å². The largest absolute Gasteiger partial charge is 0.423 e. The molecule has 0 saturated heterocycles. The number of halogens is 1. The zero-order valence-electron chi connectivity index (χ0n) is 13.7. The molecule has 5 heteroatoms. The number of benzene rings is 2. The molecular formula is C19H20ClNO3. The van der Waals surface area contributed by atoms with Crippen molar-refractivity contribution in [3.8, 4) is 5.75 Å². The summed E-state index contributed by atoms with van der Waals surface area (Å²) in [4.78, 5) is 24.6. The smallest absolute Gasteiger partial charge is 0.334 e. The maximum Gasteiger partial charge on any atom is 0.334 e. The van der Waals surface area contributed by atoms with Crippen molar-refractivity contribution in [3.63, 3.8) is 0 Å². The van der Waals surface area contributed by atoms with Gasteiger partial charge in [-0.15, -0.1) is 0 Å². The van der Waals surface area contributed by atoms with Crippen LogP contribution in [0.1, 0.15) is 19.4 Å². The van der Waals surface area contributed by atoms with Crippen LogP contribution in [0.25, 0.3) is 0 Å². The first-order valence-corrected chi connectivity index (χ1v) is 8.14. The Morgan fingerprint density at radius 2 is 1.67 bits per heavy atom. The monoisotopic (exact) mass is 345 g/mol. The van der Waals surface area contributed by atoms with Crippen molar-refractivity contribution in [2.45, 2.75) is 26.3 Å². The Hall–Kier alpha value is -2.33. The van der Waals surface area contributed by atoms with Crippen LogP contribution in [0.4, 0.5) is 0 Å². The summed E-state index contributed by atoms with van der Waals surface area (Å²) >= 11 is 6.00. The Balaban J connectivity index is 2.02. The van der Waals surface area contributed by atoms with Gasteiger partial charge in [-0.3, -0.25) is 4.79 Å². The van der Waals surface area contributed by atoms with Crippen molar-refractivity contribution < 1.29 is 14.3 Å². The zero-order chi connectivity index (χ0) is 17.5. The number of hydrogen-bond donors (Lipinski definition) is 1. The highest BCUT2D eigenvalue weighted by atomic mass is 35.5. The van der Waals surface area contributed by atoms with Gasteiger partial charge in [0.25, 0.3) is 0 Å². The number of nitrogens with one attached hydrogen (secondary N) is 1. The van der Waals surface area contributed by atoms with Gasteiger partial charge >= 0.3 is 5.97 Å². The number of carbonyl (C=O) groups excluding carboxylic acids is 2. The van der Waals surface area contributed by atoms with E-state index in [1.165, 1.54) is 0 Å². The highest BCUT2D eigenvalue weighted by molar-refractivity contribution is 6.32. The van der Waals surface area contributed by atoms with Gasteiger partial charge in [0.05, 0.1) is 11.4 Å². The number of carbonyl (C=O) groups is 2. The Kier molecular flexibility index (Phi) is 6.38. The van der Waals surface area contributed by atoms with Gasteiger partial charge in [-0.05, 0) is 23.6 Å². The summed E-state index contributed by atoms with van der Waals surface area (Å²) in [6.45, 7) is 3.70. The Morgan fingerprint density at radius 3 is 2.29 bits per heavy atom. The molecule has 0 spiro atoms. The molecule has 0 fully saturated rings. The molecule has 2 aromatic rings. The SMILES string of the molecule is CC(C)C(NC(=O)Cc1ccccc1)C(=O)Oc1ccccc1Cl. The molecule has 0 radical (unpaired) electrons. The molecule has 126 valence electrons. The van der Waals surface area contributed by atoms with E-state index < -0.39 is 12.0 Å². The molecule has 0 heterocycles. The van der Waals surface area contributed by atoms with E-state index in [0.717, 1.165) is 5.56 Å². The van der Waals surface area contributed by atoms with Crippen LogP contribution in [-0.4, -0.2) is 17.9 Å². The fraction of sp³-hybridized carbons (Fsp3) is 0.263. The lowest BCUT2D eigenvalue weighted by molar-refractivity contribution is -0.140. The van der Waals surface area contributed by atoms with E-state index in [4.69, 9.17) is 16.3 Å². The molecule has 0 bridgehead atoms. The molecule has 0 aliphatic carbocycles. The quantitative estimate of drug-likeness (QED) is 0.642. The number of amides is 1. The molecule has 1 atom stereocenters. The maximum atomic E-state index is 12.4. The van der Waals surface area contributed by atoms with Crippen molar-refractivity contribution in [1.29, 1.82) is 0 Å². The summed E-state index contributed by atoms with van der Waals surface area (Å²) in [5, 5.41) is 3.10. The lowest BCUT2D eigenvalue weighted by Crippen LogP contribution is -2.47. The molecule has 0 aliphatic heterocycles. The van der Waals surface area contributed by atoms with Crippen LogP contribution in [0.2, 0.25) is 5.02 Å². The third-order valence-electron chi connectivity index (χ3n) is 3.49. The van der Waals surface area contributed by atoms with Crippen molar-refractivity contribution in [2.24, 2.45) is 5.92 Å². The first-order chi connectivity index (χ1) is 11.5. The van der Waals surface area contributed by atoms with E-state index in [2.05, 4.69) is 5.32 Å². The average Bonchev–Trinajstić information content (AvgIpc) is 2.55. The molecule has 2 aromatic carbocycles. The van der Waals surface area contributed by atoms with Crippen LogP contribution < -0.4 is 10.1 Å². The van der Waals surface area contributed by atoms with Crippen LogP contribution in [0, 0.1) is 5.92 Å². The molecule has 0 aliphatic rings. The van der Waals surface area contributed by atoms with Crippen molar-refractivity contribution in [1.82, 2.24) is 5.32 Å². The fourth-order valence-corrected chi connectivity index (χ4v) is 2.38. The Morgan fingerprint density at radius 1 is 1.04 bits per heavy atom. The Labute approximate surface area is 146 Å². The average molecular weight is 346 g/mol. The lowest BCUT2D eigenvalue weighted by atomic mass is 10.0.